The van der Waals surface area contributed by atoms with Crippen molar-refractivity contribution in [2.24, 2.45) is 0 Å². The summed E-state index contributed by atoms with van der Waals surface area (Å²) in [7, 11) is 0. The van der Waals surface area contributed by atoms with E-state index in [-0.39, 0.29) is 0 Å². The van der Waals surface area contributed by atoms with Gasteiger partial charge in [0.1, 0.15) is 0 Å². The number of nitrogens with zero attached hydrogens (tertiary/aromatic N) is 1. The number of nitrogens with one attached hydrogen (secondary N) is 1. The van der Waals surface area contributed by atoms with Gasteiger partial charge in [-0.25, -0.2) is 0 Å². The first-order chi connectivity index (χ1) is 10.9. The molecule has 0 atom stereocenters. The van der Waals surface area contributed by atoms with Gasteiger partial charge in [-0.2, -0.15) is 0 Å². The van der Waals surface area contributed by atoms with Crippen LogP contribution in [0, 0.1) is 0 Å². The lowest BCUT2D eigenvalue weighted by Gasteiger charge is -2.21. The van der Waals surface area contributed by atoms with Crippen LogP contribution in [0.1, 0.15) is 6.42 Å². The molecule has 1 aliphatic heterocycles. The number of hydrogen-bond acceptors (Lipinski definition) is 8. The third kappa shape index (κ3) is 12.0. The topological polar surface area (TPSA) is 70.7 Å². The van der Waals surface area contributed by atoms with E-state index in [1.165, 1.54) is 5.17 Å². The fourth-order valence-corrected chi connectivity index (χ4v) is 1.53. The minimum atomic E-state index is 0.410. The van der Waals surface area contributed by atoms with Crippen molar-refractivity contribution in [2.45, 2.75) is 6.42 Å². The summed E-state index contributed by atoms with van der Waals surface area (Å²) >= 11 is 0. The minimum absolute atomic E-state index is 0.410. The second kappa shape index (κ2) is 15.3. The fraction of sp³-hybridized carbons (Fsp3) is 0.857. The van der Waals surface area contributed by atoms with Crippen molar-refractivity contribution in [3.05, 3.63) is 12.7 Å². The van der Waals surface area contributed by atoms with Gasteiger partial charge in [0.25, 0.3) is 0 Å². The summed E-state index contributed by atoms with van der Waals surface area (Å²) in [5.41, 5.74) is 2.73. The third-order valence-corrected chi connectivity index (χ3v) is 2.62. The van der Waals surface area contributed by atoms with Gasteiger partial charge in [-0.15, -0.1) is 12.2 Å². The van der Waals surface area contributed by atoms with Crippen LogP contribution >= 0.6 is 0 Å². The van der Waals surface area contributed by atoms with Crippen molar-refractivity contribution in [3.8, 4) is 0 Å². The summed E-state index contributed by atoms with van der Waals surface area (Å²) < 4.78 is 21.5. The molecular formula is C14H28N2O6. The molecule has 1 N–H and O–H groups in total. The molecule has 130 valence electrons. The molecule has 0 aromatic heterocycles. The smallest absolute Gasteiger partial charge is 0.0936 e. The largest absolute Gasteiger partial charge is 0.377 e. The zero-order valence-electron chi connectivity index (χ0n) is 13.2. The van der Waals surface area contributed by atoms with Crippen LogP contribution < -0.4 is 5.59 Å². The van der Waals surface area contributed by atoms with Crippen LogP contribution in [0.15, 0.2) is 12.7 Å². The summed E-state index contributed by atoms with van der Waals surface area (Å²) in [6, 6.07) is 0. The van der Waals surface area contributed by atoms with Crippen molar-refractivity contribution >= 4 is 0 Å². The van der Waals surface area contributed by atoms with Crippen LogP contribution in [0.25, 0.3) is 0 Å². The van der Waals surface area contributed by atoms with Gasteiger partial charge in [0.05, 0.1) is 66.1 Å². The van der Waals surface area contributed by atoms with Gasteiger partial charge < -0.3 is 18.9 Å². The first-order valence-corrected chi connectivity index (χ1v) is 7.63. The molecule has 0 aliphatic carbocycles. The zero-order chi connectivity index (χ0) is 15.7. The summed E-state index contributed by atoms with van der Waals surface area (Å²) in [4.78, 5) is 10.8. The molecule has 0 saturated carbocycles. The maximum absolute atomic E-state index is 5.51. The van der Waals surface area contributed by atoms with E-state index in [9.17, 15) is 0 Å². The highest BCUT2D eigenvalue weighted by atomic mass is 16.8. The molecule has 8 nitrogen and oxygen atoms in total. The van der Waals surface area contributed by atoms with E-state index in [1.807, 2.05) is 6.08 Å². The van der Waals surface area contributed by atoms with Gasteiger partial charge in [0.2, 0.25) is 0 Å². The highest BCUT2D eigenvalue weighted by molar-refractivity contribution is 4.65. The average Bonchev–Trinajstić information content (AvgIpc) is 2.53. The second-order valence-corrected chi connectivity index (χ2v) is 4.40. The Kier molecular flexibility index (Phi) is 13.6. The average molecular weight is 320 g/mol. The van der Waals surface area contributed by atoms with Gasteiger partial charge in [-0.1, -0.05) is 11.2 Å². The Morgan fingerprint density at radius 2 is 1.27 bits per heavy atom. The van der Waals surface area contributed by atoms with Crippen LogP contribution in [0.3, 0.4) is 0 Å². The second-order valence-electron chi connectivity index (χ2n) is 4.40. The van der Waals surface area contributed by atoms with Gasteiger partial charge in [-0.05, 0) is 6.42 Å². The molecule has 0 amide bonds. The molecule has 22 heavy (non-hydrogen) atoms. The number of ether oxygens (including phenoxy) is 4. The predicted molar refractivity (Wildman–Crippen MR) is 79.8 cm³/mol. The SMILES string of the molecule is C=CCCN1NOCCOCCOCCOCCOCCO1. The molecule has 0 radical (unpaired) electrons. The van der Waals surface area contributed by atoms with Gasteiger partial charge in [-0.3, -0.25) is 9.68 Å². The van der Waals surface area contributed by atoms with Crippen molar-refractivity contribution in [3.63, 3.8) is 0 Å². The van der Waals surface area contributed by atoms with Crippen LogP contribution in [0.5, 0.6) is 0 Å². The standard InChI is InChI=1S/C14H28N2O6/c1-2-3-4-16-15-21-13-11-19-9-7-17-5-6-18-8-10-20-12-14-22-16/h2,15H,1,3-14H2. The normalized spacial score (nSPS) is 22.5. The Bertz CT molecular complexity index is 239. The van der Waals surface area contributed by atoms with Crippen LogP contribution in [-0.4, -0.2) is 77.8 Å². The third-order valence-electron chi connectivity index (χ3n) is 2.62. The van der Waals surface area contributed by atoms with E-state index in [4.69, 9.17) is 28.6 Å². The summed E-state index contributed by atoms with van der Waals surface area (Å²) in [6.45, 7) is 9.37. The molecule has 0 aromatic carbocycles. The van der Waals surface area contributed by atoms with Crippen LogP contribution in [0.4, 0.5) is 0 Å². The van der Waals surface area contributed by atoms with E-state index in [2.05, 4.69) is 12.2 Å². The van der Waals surface area contributed by atoms with Crippen LogP contribution in [0.2, 0.25) is 0 Å². The lowest BCUT2D eigenvalue weighted by atomic mass is 10.4. The minimum Gasteiger partial charge on any atom is -0.377 e. The Balaban J connectivity index is 2.22. The molecule has 1 aliphatic rings. The first-order valence-electron chi connectivity index (χ1n) is 7.63. The summed E-state index contributed by atoms with van der Waals surface area (Å²) in [6.07, 6.45) is 2.59. The number of hydrazine groups is 1. The summed E-state index contributed by atoms with van der Waals surface area (Å²) in [5.74, 6) is 0. The van der Waals surface area contributed by atoms with Crippen molar-refractivity contribution in [2.75, 3.05) is 72.6 Å². The molecule has 0 bridgehead atoms. The lowest BCUT2D eigenvalue weighted by Crippen LogP contribution is -2.40. The lowest BCUT2D eigenvalue weighted by molar-refractivity contribution is -0.278. The van der Waals surface area contributed by atoms with E-state index in [1.54, 1.807) is 0 Å². The molecule has 1 fully saturated rings. The Hall–Kier alpha value is -0.580. The zero-order valence-corrected chi connectivity index (χ0v) is 13.2. The number of rotatable bonds is 3. The monoisotopic (exact) mass is 320 g/mol. The molecule has 1 saturated heterocycles. The molecule has 0 unspecified atom stereocenters. The molecular weight excluding hydrogens is 292 g/mol. The van der Waals surface area contributed by atoms with E-state index in [0.717, 1.165) is 6.42 Å². The van der Waals surface area contributed by atoms with Gasteiger partial charge >= 0.3 is 0 Å². The van der Waals surface area contributed by atoms with Crippen LogP contribution in [-0.2, 0) is 28.6 Å². The van der Waals surface area contributed by atoms with Crippen molar-refractivity contribution in [1.82, 2.24) is 10.8 Å². The molecule has 1 rings (SSSR count). The highest BCUT2D eigenvalue weighted by Crippen LogP contribution is 1.92. The molecule has 8 heteroatoms. The van der Waals surface area contributed by atoms with E-state index >= 15 is 0 Å². The Morgan fingerprint density at radius 1 is 0.773 bits per heavy atom. The number of hydroxylamine groups is 1. The van der Waals surface area contributed by atoms with Gasteiger partial charge in [0, 0.05) is 6.54 Å². The summed E-state index contributed by atoms with van der Waals surface area (Å²) in [5, 5.41) is 1.52. The first kappa shape index (κ1) is 19.5. The van der Waals surface area contributed by atoms with Crippen molar-refractivity contribution < 1.29 is 28.6 Å². The highest BCUT2D eigenvalue weighted by Gasteiger charge is 2.04. The van der Waals surface area contributed by atoms with E-state index in [0.29, 0.717) is 72.6 Å². The molecule has 0 aromatic rings. The quantitative estimate of drug-likeness (QED) is 0.745. The Morgan fingerprint density at radius 3 is 1.82 bits per heavy atom. The Labute approximate surface area is 132 Å². The molecule has 0 spiro atoms. The maximum Gasteiger partial charge on any atom is 0.0936 e. The van der Waals surface area contributed by atoms with Crippen molar-refractivity contribution in [1.29, 1.82) is 0 Å². The number of hydrogen-bond donors (Lipinski definition) is 1. The van der Waals surface area contributed by atoms with E-state index < -0.39 is 0 Å². The van der Waals surface area contributed by atoms with Gasteiger partial charge in [0.15, 0.2) is 0 Å². The molecule has 1 heterocycles. The maximum atomic E-state index is 5.51. The fourth-order valence-electron chi connectivity index (χ4n) is 1.53. The predicted octanol–water partition coefficient (Wildman–Crippen LogP) is 0.312.